The van der Waals surface area contributed by atoms with Crippen LogP contribution in [0.5, 0.6) is 5.75 Å². The van der Waals surface area contributed by atoms with Gasteiger partial charge in [-0.3, -0.25) is 10.1 Å². The molecule has 128 valence electrons. The first-order chi connectivity index (χ1) is 12.0. The Kier molecular flexibility index (Phi) is 4.94. The number of rotatable bonds is 5. The number of nitrogens with one attached hydrogen (secondary N) is 1. The minimum atomic E-state index is -2.89. The van der Waals surface area contributed by atoms with E-state index in [2.05, 4.69) is 19.4 Å². The molecule has 3 rings (SSSR count). The van der Waals surface area contributed by atoms with E-state index >= 15 is 0 Å². The Labute approximate surface area is 144 Å². The molecule has 0 aliphatic carbocycles. The van der Waals surface area contributed by atoms with Crippen LogP contribution < -0.4 is 10.1 Å². The molecule has 0 atom stereocenters. The number of nitrogens with zero attached hydrogens (tertiary/aromatic N) is 2. The van der Waals surface area contributed by atoms with Gasteiger partial charge in [-0.1, -0.05) is 0 Å². The molecule has 0 saturated heterocycles. The maximum absolute atomic E-state index is 12.9. The quantitative estimate of drug-likeness (QED) is 0.736. The highest BCUT2D eigenvalue weighted by Gasteiger charge is 2.12. The fraction of sp³-hybridized carbons (Fsp3) is 0.0625. The van der Waals surface area contributed by atoms with E-state index in [1.807, 2.05) is 0 Å². The van der Waals surface area contributed by atoms with Crippen LogP contribution in [0.25, 0.3) is 11.4 Å². The lowest BCUT2D eigenvalue weighted by Crippen LogP contribution is -2.11. The first-order valence-corrected chi connectivity index (χ1v) is 7.74. The van der Waals surface area contributed by atoms with Gasteiger partial charge in [0.15, 0.2) is 5.82 Å². The average molecular weight is 365 g/mol. The van der Waals surface area contributed by atoms with Crippen molar-refractivity contribution in [2.75, 3.05) is 5.32 Å². The molecule has 0 radical (unpaired) electrons. The first kappa shape index (κ1) is 16.9. The fourth-order valence-corrected chi connectivity index (χ4v) is 2.53. The van der Waals surface area contributed by atoms with Gasteiger partial charge in [0.25, 0.3) is 5.91 Å². The standard InChI is InChI=1S/C16H10F3N3O2S/c17-11-5-1-10(2-6-11)14(23)21-16-20-13(22-25-16)9-3-7-12(8-4-9)24-15(18)19/h1-8,15H,(H,20,21,22,23). The summed E-state index contributed by atoms with van der Waals surface area (Å²) in [6, 6.07) is 10.9. The number of carbonyl (C=O) groups excluding carboxylic acids is 1. The van der Waals surface area contributed by atoms with Crippen molar-refractivity contribution in [3.8, 4) is 17.1 Å². The van der Waals surface area contributed by atoms with Crippen LogP contribution in [0.15, 0.2) is 48.5 Å². The van der Waals surface area contributed by atoms with Gasteiger partial charge >= 0.3 is 6.61 Å². The number of ether oxygens (including phenoxy) is 1. The van der Waals surface area contributed by atoms with Gasteiger partial charge in [-0.25, -0.2) is 4.39 Å². The molecule has 0 aliphatic heterocycles. The third-order valence-corrected chi connectivity index (χ3v) is 3.72. The van der Waals surface area contributed by atoms with Gasteiger partial charge in [-0.15, -0.1) is 0 Å². The Morgan fingerprint density at radius 3 is 2.40 bits per heavy atom. The van der Waals surface area contributed by atoms with Crippen LogP contribution in [0.3, 0.4) is 0 Å². The zero-order valence-electron chi connectivity index (χ0n) is 12.4. The average Bonchev–Trinajstić information content (AvgIpc) is 3.04. The lowest BCUT2D eigenvalue weighted by molar-refractivity contribution is -0.0498. The van der Waals surface area contributed by atoms with E-state index in [9.17, 15) is 18.0 Å². The second-order valence-electron chi connectivity index (χ2n) is 4.79. The van der Waals surface area contributed by atoms with Crippen LogP contribution in [0.1, 0.15) is 10.4 Å². The zero-order valence-corrected chi connectivity index (χ0v) is 13.3. The summed E-state index contributed by atoms with van der Waals surface area (Å²) in [6.07, 6.45) is 0. The highest BCUT2D eigenvalue weighted by Crippen LogP contribution is 2.24. The van der Waals surface area contributed by atoms with E-state index in [0.29, 0.717) is 11.4 Å². The summed E-state index contributed by atoms with van der Waals surface area (Å²) in [5, 5.41) is 2.83. The van der Waals surface area contributed by atoms with E-state index in [-0.39, 0.29) is 16.4 Å². The highest BCUT2D eigenvalue weighted by atomic mass is 32.1. The van der Waals surface area contributed by atoms with Crippen LogP contribution in [0.4, 0.5) is 18.3 Å². The Bertz CT molecular complexity index is 867. The van der Waals surface area contributed by atoms with Gasteiger partial charge < -0.3 is 4.74 Å². The van der Waals surface area contributed by atoms with Gasteiger partial charge in [0, 0.05) is 22.7 Å². The number of hydrogen-bond acceptors (Lipinski definition) is 5. The van der Waals surface area contributed by atoms with E-state index < -0.39 is 18.3 Å². The van der Waals surface area contributed by atoms with Gasteiger partial charge in [0.05, 0.1) is 0 Å². The zero-order chi connectivity index (χ0) is 17.8. The maximum Gasteiger partial charge on any atom is 0.387 e. The van der Waals surface area contributed by atoms with Crippen LogP contribution in [-0.2, 0) is 0 Å². The number of hydrogen-bond donors (Lipinski definition) is 1. The molecule has 0 unspecified atom stereocenters. The van der Waals surface area contributed by atoms with Gasteiger partial charge in [0.2, 0.25) is 5.13 Å². The number of anilines is 1. The van der Waals surface area contributed by atoms with Gasteiger partial charge in [0.1, 0.15) is 11.6 Å². The molecule has 5 nitrogen and oxygen atoms in total. The minimum Gasteiger partial charge on any atom is -0.435 e. The van der Waals surface area contributed by atoms with Crippen molar-refractivity contribution in [1.82, 2.24) is 9.36 Å². The number of alkyl halides is 2. The number of amides is 1. The molecule has 1 amide bonds. The summed E-state index contributed by atoms with van der Waals surface area (Å²) in [4.78, 5) is 16.2. The summed E-state index contributed by atoms with van der Waals surface area (Å²) >= 11 is 0.967. The normalized spacial score (nSPS) is 10.7. The molecule has 0 saturated carbocycles. The van der Waals surface area contributed by atoms with Crippen molar-refractivity contribution in [2.45, 2.75) is 6.61 Å². The topological polar surface area (TPSA) is 64.1 Å². The third kappa shape index (κ3) is 4.32. The van der Waals surface area contributed by atoms with Crippen molar-refractivity contribution >= 4 is 22.6 Å². The minimum absolute atomic E-state index is 0.0267. The molecule has 0 bridgehead atoms. The molecule has 1 heterocycles. The van der Waals surface area contributed by atoms with Crippen molar-refractivity contribution in [3.63, 3.8) is 0 Å². The number of benzene rings is 2. The van der Waals surface area contributed by atoms with Crippen molar-refractivity contribution in [2.24, 2.45) is 0 Å². The number of halogens is 3. The third-order valence-electron chi connectivity index (χ3n) is 3.09. The van der Waals surface area contributed by atoms with Crippen LogP contribution >= 0.6 is 11.5 Å². The van der Waals surface area contributed by atoms with Crippen LogP contribution in [0.2, 0.25) is 0 Å². The molecule has 2 aromatic carbocycles. The molecule has 1 N–H and O–H groups in total. The van der Waals surface area contributed by atoms with Gasteiger partial charge in [-0.2, -0.15) is 18.1 Å². The van der Waals surface area contributed by atoms with Crippen molar-refractivity contribution < 1.29 is 22.7 Å². The summed E-state index contributed by atoms with van der Waals surface area (Å²) in [7, 11) is 0. The van der Waals surface area contributed by atoms with Crippen molar-refractivity contribution in [1.29, 1.82) is 0 Å². The fourth-order valence-electron chi connectivity index (χ4n) is 1.95. The lowest BCUT2D eigenvalue weighted by Gasteiger charge is -2.04. The number of aromatic nitrogens is 2. The van der Waals surface area contributed by atoms with E-state index in [0.717, 1.165) is 11.5 Å². The molecular formula is C16H10F3N3O2S. The van der Waals surface area contributed by atoms with E-state index in [4.69, 9.17) is 0 Å². The second-order valence-corrected chi connectivity index (χ2v) is 5.54. The molecule has 0 fully saturated rings. The van der Waals surface area contributed by atoms with Crippen LogP contribution in [0, 0.1) is 5.82 Å². The predicted molar refractivity (Wildman–Crippen MR) is 86.3 cm³/mol. The van der Waals surface area contributed by atoms with Crippen LogP contribution in [-0.4, -0.2) is 21.9 Å². The molecule has 0 spiro atoms. The van der Waals surface area contributed by atoms with Gasteiger partial charge in [-0.05, 0) is 48.5 Å². The summed E-state index contributed by atoms with van der Waals surface area (Å²) in [5.74, 6) is -0.515. The highest BCUT2D eigenvalue weighted by molar-refractivity contribution is 7.10. The Morgan fingerprint density at radius 1 is 1.08 bits per heavy atom. The Hall–Kier alpha value is -2.94. The van der Waals surface area contributed by atoms with E-state index in [1.165, 1.54) is 48.5 Å². The Balaban J connectivity index is 1.69. The lowest BCUT2D eigenvalue weighted by atomic mass is 10.2. The summed E-state index contributed by atoms with van der Waals surface area (Å²) in [6.45, 7) is -2.89. The molecule has 0 aliphatic rings. The van der Waals surface area contributed by atoms with E-state index in [1.54, 1.807) is 0 Å². The molecule has 9 heteroatoms. The van der Waals surface area contributed by atoms with Crippen molar-refractivity contribution in [3.05, 3.63) is 59.9 Å². The summed E-state index contributed by atoms with van der Waals surface area (Å²) in [5.41, 5.74) is 0.867. The monoisotopic (exact) mass is 365 g/mol. The SMILES string of the molecule is O=C(Nc1nc(-c2ccc(OC(F)F)cc2)ns1)c1ccc(F)cc1. The first-order valence-electron chi connectivity index (χ1n) is 6.97. The largest absolute Gasteiger partial charge is 0.435 e. The Morgan fingerprint density at radius 2 is 1.76 bits per heavy atom. The maximum atomic E-state index is 12.9. The smallest absolute Gasteiger partial charge is 0.387 e. The molecule has 1 aromatic heterocycles. The predicted octanol–water partition coefficient (Wildman–Crippen LogP) is 4.20. The molecule has 25 heavy (non-hydrogen) atoms. The molecule has 3 aromatic rings. The summed E-state index contributed by atoms with van der Waals surface area (Å²) < 4.78 is 45.5. The second kappa shape index (κ2) is 7.31. The number of carbonyl (C=O) groups is 1. The molecular weight excluding hydrogens is 355 g/mol.